The zero-order valence-corrected chi connectivity index (χ0v) is 34.0. The summed E-state index contributed by atoms with van der Waals surface area (Å²) in [5, 5.41) is 21.3. The first-order valence-corrected chi connectivity index (χ1v) is 22.3. The molecule has 2 fully saturated rings. The molecule has 0 amide bonds. The molecule has 0 saturated heterocycles. The highest BCUT2D eigenvalue weighted by molar-refractivity contribution is 7.29. The first-order chi connectivity index (χ1) is 28.9. The fourth-order valence-corrected chi connectivity index (χ4v) is 15.0. The Balaban J connectivity index is 1.09. The van der Waals surface area contributed by atoms with Crippen LogP contribution in [0, 0.1) is 35.8 Å². The van der Waals surface area contributed by atoms with E-state index in [1.165, 1.54) is 54.6 Å². The Morgan fingerprint density at radius 3 is 1.34 bits per heavy atom. The highest BCUT2D eigenvalue weighted by atomic mass is 32.1. The molecule has 8 nitrogen and oxygen atoms in total. The fraction of sp³-hybridized carbons (Fsp3) is 0.250. The first-order valence-electron chi connectivity index (χ1n) is 19.8. The molecule has 11 rings (SSSR count). The number of benzene rings is 2. The molecule has 2 aromatic carbocycles. The standard InChI is InChI=1S/C48H30N6O2S3/c1-51-31(23-49)35-25-13-5-7-15-27(25)41(55)39(35)53-33-21-29-43(57-33)45-37(47(29)17-9-3-10-18-47)38-46(59-45)44-30(48(38)19-11-4-12-20-48)22-34(58-44)54-40-36(32(24-50)52-2)26-14-6-8-16-28(26)42(40)56/h5-8,13-16,21-22H,3-4,9-12,17-20H2/b35-31-,36-32+,53-39+,54-40-. The second-order valence-corrected chi connectivity index (χ2v) is 19.1. The normalized spacial score (nSPS) is 21.6. The third-order valence-corrected chi connectivity index (χ3v) is 16.9. The number of hydrogen-bond donors (Lipinski definition) is 0. The molecule has 0 bridgehead atoms. The molecule has 0 N–H and O–H groups in total. The first kappa shape index (κ1) is 35.8. The van der Waals surface area contributed by atoms with Crippen LogP contribution in [0.2, 0.25) is 0 Å². The molecule has 0 unspecified atom stereocenters. The topological polar surface area (TPSA) is 115 Å². The lowest BCUT2D eigenvalue weighted by atomic mass is 9.61. The van der Waals surface area contributed by atoms with Crippen LogP contribution < -0.4 is 0 Å². The maximum absolute atomic E-state index is 13.8. The summed E-state index contributed by atoms with van der Waals surface area (Å²) < 4.78 is 0. The average Bonchev–Trinajstić information content (AvgIpc) is 4.13. The SMILES string of the molecule is [C-]#[N+]/C(C#N)=C1\C(=N/c2cc3c(s2)-c2sc4c(c2C32CCCCC2)C2(CCCCC2)c2cc(/N=C3\C(=O)c5ccccc5\C3=C(\C#N)[N+]#[C-])sc2-4)C(=O)c2ccccc21. The minimum Gasteiger partial charge on any atom is -0.287 e. The van der Waals surface area contributed by atoms with Crippen molar-refractivity contribution in [3.8, 4) is 31.6 Å². The number of aliphatic imine (C=N–C) groups is 2. The highest BCUT2D eigenvalue weighted by Crippen LogP contribution is 2.71. The lowest BCUT2D eigenvalue weighted by Gasteiger charge is -2.41. The number of nitrogens with zero attached hydrogens (tertiary/aromatic N) is 6. The third-order valence-electron chi connectivity index (χ3n) is 13.3. The van der Waals surface area contributed by atoms with Gasteiger partial charge in [-0.2, -0.15) is 0 Å². The van der Waals surface area contributed by atoms with Crippen LogP contribution >= 0.6 is 34.0 Å². The number of carbonyl (C=O) groups is 2. The van der Waals surface area contributed by atoms with E-state index in [0.717, 1.165) is 51.4 Å². The van der Waals surface area contributed by atoms with Gasteiger partial charge in [-0.25, -0.2) is 30.2 Å². The van der Waals surface area contributed by atoms with E-state index < -0.39 is 0 Å². The van der Waals surface area contributed by atoms with Crippen LogP contribution in [0.5, 0.6) is 0 Å². The zero-order valence-electron chi connectivity index (χ0n) is 31.6. The summed E-state index contributed by atoms with van der Waals surface area (Å²) in [5.41, 5.74) is 7.97. The van der Waals surface area contributed by atoms with E-state index in [9.17, 15) is 20.1 Å². The lowest BCUT2D eigenvalue weighted by Crippen LogP contribution is -2.34. The van der Waals surface area contributed by atoms with E-state index in [0.29, 0.717) is 43.4 Å². The van der Waals surface area contributed by atoms with Crippen LogP contribution in [0.3, 0.4) is 0 Å². The quantitative estimate of drug-likeness (QED) is 0.130. The van der Waals surface area contributed by atoms with Crippen molar-refractivity contribution in [2.45, 2.75) is 75.0 Å². The Bertz CT molecular complexity index is 2870. The summed E-state index contributed by atoms with van der Waals surface area (Å²) in [6.45, 7) is 15.5. The number of thiophene rings is 3. The van der Waals surface area contributed by atoms with Gasteiger partial charge in [-0.05, 0) is 71.2 Å². The molecular formula is C48H30N6O2S3. The predicted molar refractivity (Wildman–Crippen MR) is 233 cm³/mol. The smallest absolute Gasteiger partial charge is 0.271 e. The van der Waals surface area contributed by atoms with Gasteiger partial charge < -0.3 is 0 Å². The third kappa shape index (κ3) is 4.76. The van der Waals surface area contributed by atoms with Crippen molar-refractivity contribution in [2.75, 3.05) is 0 Å². The monoisotopic (exact) mass is 818 g/mol. The Morgan fingerprint density at radius 1 is 0.576 bits per heavy atom. The molecule has 0 aliphatic heterocycles. The molecule has 5 aromatic rings. The number of rotatable bonds is 2. The predicted octanol–water partition coefficient (Wildman–Crippen LogP) is 12.6. The average molecular weight is 819 g/mol. The van der Waals surface area contributed by atoms with Gasteiger partial charge in [0.15, 0.2) is 0 Å². The van der Waals surface area contributed by atoms with Gasteiger partial charge in [0.2, 0.25) is 11.6 Å². The summed E-state index contributed by atoms with van der Waals surface area (Å²) in [4.78, 5) is 49.7. The minimum atomic E-state index is -0.267. The number of allylic oxidation sites excluding steroid dienone is 4. The Hall–Kier alpha value is -6.34. The van der Waals surface area contributed by atoms with Crippen molar-refractivity contribution in [3.05, 3.63) is 139 Å². The molecule has 3 heterocycles. The van der Waals surface area contributed by atoms with E-state index in [1.54, 1.807) is 59.1 Å². The van der Waals surface area contributed by atoms with Gasteiger partial charge in [-0.15, -0.1) is 34.0 Å². The molecular weight excluding hydrogens is 789 g/mol. The molecule has 6 aliphatic rings. The minimum absolute atomic E-state index is 0.133. The van der Waals surface area contributed by atoms with Crippen LogP contribution in [0.1, 0.15) is 118 Å². The summed E-state index contributed by atoms with van der Waals surface area (Å²) in [5.74, 6) is -0.535. The van der Waals surface area contributed by atoms with Crippen LogP contribution in [-0.2, 0) is 10.8 Å². The molecule has 2 saturated carbocycles. The lowest BCUT2D eigenvalue weighted by molar-refractivity contribution is 0.106. The zero-order chi connectivity index (χ0) is 40.2. The molecule has 6 aliphatic carbocycles. The van der Waals surface area contributed by atoms with E-state index in [-0.39, 0.29) is 45.2 Å². The molecule has 0 radical (unpaired) electrons. The number of carbonyl (C=O) groups excluding carboxylic acids is 2. The van der Waals surface area contributed by atoms with Crippen LogP contribution in [0.4, 0.5) is 10.0 Å². The Kier molecular flexibility index (Phi) is 7.94. The van der Waals surface area contributed by atoms with Crippen molar-refractivity contribution in [1.82, 2.24) is 0 Å². The molecule has 0 atom stereocenters. The van der Waals surface area contributed by atoms with E-state index in [4.69, 9.17) is 23.1 Å². The molecule has 3 aromatic heterocycles. The van der Waals surface area contributed by atoms with Crippen molar-refractivity contribution in [1.29, 1.82) is 10.5 Å². The second kappa shape index (κ2) is 13.1. The Morgan fingerprint density at radius 2 is 0.966 bits per heavy atom. The van der Waals surface area contributed by atoms with Gasteiger partial charge >= 0.3 is 0 Å². The van der Waals surface area contributed by atoms with E-state index in [1.807, 2.05) is 35.6 Å². The molecule has 2 spiro atoms. The molecule has 282 valence electrons. The van der Waals surface area contributed by atoms with Gasteiger partial charge in [0.05, 0.1) is 35.0 Å². The highest BCUT2D eigenvalue weighted by Gasteiger charge is 2.56. The van der Waals surface area contributed by atoms with Crippen molar-refractivity contribution in [3.63, 3.8) is 0 Å². The number of ketones is 2. The molecule has 59 heavy (non-hydrogen) atoms. The van der Waals surface area contributed by atoms with Crippen molar-refractivity contribution >= 4 is 78.1 Å². The number of nitriles is 2. The molecule has 11 heteroatoms. The maximum Gasteiger partial charge on any atom is 0.271 e. The van der Waals surface area contributed by atoms with Gasteiger partial charge in [0.1, 0.15) is 21.4 Å². The van der Waals surface area contributed by atoms with Gasteiger partial charge in [0, 0.05) is 42.9 Å². The fourth-order valence-electron chi connectivity index (χ4n) is 10.9. The van der Waals surface area contributed by atoms with Crippen LogP contribution in [0.15, 0.2) is 82.0 Å². The van der Waals surface area contributed by atoms with Gasteiger partial charge in [0.25, 0.3) is 11.4 Å². The van der Waals surface area contributed by atoms with Crippen LogP contribution in [0.25, 0.3) is 40.3 Å². The Labute approximate surface area is 352 Å². The second-order valence-electron chi connectivity index (χ2n) is 16.0. The van der Waals surface area contributed by atoms with Gasteiger partial charge in [-0.3, -0.25) is 9.59 Å². The van der Waals surface area contributed by atoms with Crippen molar-refractivity contribution in [2.24, 2.45) is 9.98 Å². The largest absolute Gasteiger partial charge is 0.287 e. The number of fused-ring (bicyclic) bond motifs is 13. The summed E-state index contributed by atoms with van der Waals surface area (Å²) in [7, 11) is 0. The van der Waals surface area contributed by atoms with E-state index in [2.05, 4.69) is 21.8 Å². The summed E-state index contributed by atoms with van der Waals surface area (Å²) in [6.07, 6.45) is 11.0. The summed E-state index contributed by atoms with van der Waals surface area (Å²) >= 11 is 5.07. The van der Waals surface area contributed by atoms with E-state index >= 15 is 0 Å². The maximum atomic E-state index is 13.8. The van der Waals surface area contributed by atoms with Crippen LogP contribution in [-0.4, -0.2) is 23.0 Å². The summed E-state index contributed by atoms with van der Waals surface area (Å²) in [6, 6.07) is 22.7. The van der Waals surface area contributed by atoms with Gasteiger partial charge in [-0.1, -0.05) is 87.1 Å². The van der Waals surface area contributed by atoms with Crippen molar-refractivity contribution < 1.29 is 9.59 Å². The number of hydrogen-bond acceptors (Lipinski definition) is 9. The number of Topliss-reactive ketones (excluding diaryl/α,β-unsaturated/α-hetero) is 2.